The number of carbonyl (C=O) groups excluding carboxylic acids is 2. The molecule has 0 bridgehead atoms. The van der Waals surface area contributed by atoms with Crippen LogP contribution in [-0.4, -0.2) is 58.2 Å². The van der Waals surface area contributed by atoms with Gasteiger partial charge in [0.05, 0.1) is 19.9 Å². The third-order valence-corrected chi connectivity index (χ3v) is 5.86. The largest absolute Gasteiger partial charge is 0.495 e. The third kappa shape index (κ3) is 5.21. The van der Waals surface area contributed by atoms with Crippen LogP contribution < -0.4 is 10.1 Å². The average Bonchev–Trinajstić information content (AvgIpc) is 2.78. The Morgan fingerprint density at radius 2 is 1.81 bits per heavy atom. The first-order valence-corrected chi connectivity index (χ1v) is 11.3. The summed E-state index contributed by atoms with van der Waals surface area (Å²) in [5, 5.41) is 8.40. The van der Waals surface area contributed by atoms with E-state index in [0.717, 1.165) is 6.26 Å². The molecule has 0 spiro atoms. The van der Waals surface area contributed by atoms with Gasteiger partial charge in [0, 0.05) is 29.6 Å². The molecule has 0 atom stereocenters. The van der Waals surface area contributed by atoms with Gasteiger partial charge in [0.15, 0.2) is 9.84 Å². The van der Waals surface area contributed by atoms with Gasteiger partial charge in [-0.2, -0.15) is 5.10 Å². The van der Waals surface area contributed by atoms with Crippen molar-refractivity contribution >= 4 is 33.2 Å². The Hall–Kier alpha value is -3.40. The number of hydrogen-bond donors (Lipinski definition) is 1. The smallest absolute Gasteiger partial charge is 0.411 e. The van der Waals surface area contributed by atoms with Crippen molar-refractivity contribution in [3.63, 3.8) is 0 Å². The summed E-state index contributed by atoms with van der Waals surface area (Å²) in [6.07, 6.45) is 1.88. The number of anilines is 1. The maximum absolute atomic E-state index is 12.9. The van der Waals surface area contributed by atoms with Crippen molar-refractivity contribution in [2.24, 2.45) is 5.10 Å². The van der Waals surface area contributed by atoms with Gasteiger partial charge in [-0.15, -0.1) is 0 Å². The second kappa shape index (κ2) is 9.17. The van der Waals surface area contributed by atoms with Crippen LogP contribution in [0.15, 0.2) is 52.5 Å². The van der Waals surface area contributed by atoms with Crippen LogP contribution in [0.5, 0.6) is 5.75 Å². The molecule has 2 aromatic rings. The molecule has 9 nitrogen and oxygen atoms in total. The minimum atomic E-state index is -3.43. The molecule has 0 aromatic heterocycles. The second-order valence-corrected chi connectivity index (χ2v) is 8.89. The van der Waals surface area contributed by atoms with Crippen LogP contribution in [0.3, 0.4) is 0 Å². The van der Waals surface area contributed by atoms with Gasteiger partial charge in [0.1, 0.15) is 10.6 Å². The number of hydrogen-bond acceptors (Lipinski definition) is 7. The lowest BCUT2D eigenvalue weighted by Crippen LogP contribution is -2.32. The van der Waals surface area contributed by atoms with Gasteiger partial charge in [-0.3, -0.25) is 10.1 Å². The Balaban J connectivity index is 1.83. The molecule has 0 unspecified atom stereocenters. The first-order valence-electron chi connectivity index (χ1n) is 9.46. The van der Waals surface area contributed by atoms with Crippen molar-refractivity contribution in [3.05, 3.63) is 53.6 Å². The van der Waals surface area contributed by atoms with E-state index in [9.17, 15) is 18.0 Å². The number of nitrogens with zero attached hydrogens (tertiary/aromatic N) is 2. The number of amides is 2. The Kier molecular flexibility index (Phi) is 6.59. The van der Waals surface area contributed by atoms with Gasteiger partial charge in [-0.1, -0.05) is 6.07 Å². The first kappa shape index (κ1) is 22.3. The van der Waals surface area contributed by atoms with E-state index < -0.39 is 15.9 Å². The summed E-state index contributed by atoms with van der Waals surface area (Å²) in [6, 6.07) is 11.2. The molecule has 2 aromatic carbocycles. The molecule has 0 radical (unpaired) electrons. The minimum absolute atomic E-state index is 0.101. The monoisotopic (exact) mass is 445 g/mol. The van der Waals surface area contributed by atoms with Crippen molar-refractivity contribution < 1.29 is 27.5 Å². The number of rotatable bonds is 5. The van der Waals surface area contributed by atoms with Crippen LogP contribution in [0.25, 0.3) is 0 Å². The maximum Gasteiger partial charge on any atom is 0.411 e. The molecule has 0 saturated carbocycles. The number of nitrogens with one attached hydrogen (secondary N) is 1. The van der Waals surface area contributed by atoms with Crippen LogP contribution in [0, 0.1) is 0 Å². The van der Waals surface area contributed by atoms with E-state index in [0.29, 0.717) is 41.9 Å². The van der Waals surface area contributed by atoms with Crippen molar-refractivity contribution in [1.29, 1.82) is 0 Å². The maximum atomic E-state index is 12.9. The standard InChI is InChI=1S/C21H23N3O6S/c1-29-18-13-15(8-11-19(18)31(3,27)28)17-5-4-12-24(23-17)20(25)14-6-9-16(10-7-14)22-21(26)30-2/h6-11,13H,4-5,12H2,1-3H3,(H,22,26). The van der Waals surface area contributed by atoms with Gasteiger partial charge in [-0.05, 0) is 49.2 Å². The number of ether oxygens (including phenoxy) is 2. The highest BCUT2D eigenvalue weighted by Gasteiger charge is 2.22. The van der Waals surface area contributed by atoms with Gasteiger partial charge in [0.25, 0.3) is 5.91 Å². The van der Waals surface area contributed by atoms with Crippen molar-refractivity contribution in [1.82, 2.24) is 5.01 Å². The normalized spacial score (nSPS) is 13.9. The molecular formula is C21H23N3O6S. The lowest BCUT2D eigenvalue weighted by Gasteiger charge is -2.24. The summed E-state index contributed by atoms with van der Waals surface area (Å²) < 4.78 is 33.6. The fourth-order valence-electron chi connectivity index (χ4n) is 3.16. The topological polar surface area (TPSA) is 114 Å². The molecule has 1 N–H and O–H groups in total. The molecule has 1 heterocycles. The number of hydrazone groups is 1. The number of carbonyl (C=O) groups is 2. The molecule has 31 heavy (non-hydrogen) atoms. The zero-order chi connectivity index (χ0) is 22.6. The van der Waals surface area contributed by atoms with E-state index in [1.165, 1.54) is 25.3 Å². The Labute approximate surface area is 180 Å². The molecule has 0 fully saturated rings. The summed E-state index contributed by atoms with van der Waals surface area (Å²) in [4.78, 5) is 24.2. The zero-order valence-corrected chi connectivity index (χ0v) is 18.2. The van der Waals surface area contributed by atoms with Crippen molar-refractivity contribution in [3.8, 4) is 5.75 Å². The van der Waals surface area contributed by atoms with Crippen LogP contribution in [-0.2, 0) is 14.6 Å². The number of benzene rings is 2. The number of methoxy groups -OCH3 is 2. The van der Waals surface area contributed by atoms with Gasteiger partial charge in [0.2, 0.25) is 0 Å². The van der Waals surface area contributed by atoms with E-state index >= 15 is 0 Å². The van der Waals surface area contributed by atoms with E-state index in [-0.39, 0.29) is 16.6 Å². The number of sulfone groups is 1. The highest BCUT2D eigenvalue weighted by atomic mass is 32.2. The van der Waals surface area contributed by atoms with Crippen LogP contribution in [0.1, 0.15) is 28.8 Å². The summed E-state index contributed by atoms with van der Waals surface area (Å²) in [5.41, 5.74) is 2.29. The fraction of sp³-hybridized carbons (Fsp3) is 0.286. The van der Waals surface area contributed by atoms with Crippen molar-refractivity contribution in [2.45, 2.75) is 17.7 Å². The third-order valence-electron chi connectivity index (χ3n) is 4.72. The van der Waals surface area contributed by atoms with Crippen LogP contribution >= 0.6 is 0 Å². The molecule has 164 valence electrons. The highest BCUT2D eigenvalue weighted by molar-refractivity contribution is 7.90. The summed E-state index contributed by atoms with van der Waals surface area (Å²) >= 11 is 0. The second-order valence-electron chi connectivity index (χ2n) is 6.91. The molecule has 3 rings (SSSR count). The van der Waals surface area contributed by atoms with Gasteiger partial charge in [-0.25, -0.2) is 18.2 Å². The molecule has 0 aliphatic carbocycles. The Morgan fingerprint density at radius 1 is 1.10 bits per heavy atom. The highest BCUT2D eigenvalue weighted by Crippen LogP contribution is 2.27. The average molecular weight is 445 g/mol. The fourth-order valence-corrected chi connectivity index (χ4v) is 3.98. The van der Waals surface area contributed by atoms with E-state index in [1.54, 1.807) is 36.4 Å². The van der Waals surface area contributed by atoms with Crippen LogP contribution in [0.4, 0.5) is 10.5 Å². The summed E-state index contributed by atoms with van der Waals surface area (Å²) in [6.45, 7) is 0.461. The van der Waals surface area contributed by atoms with Crippen LogP contribution in [0.2, 0.25) is 0 Å². The van der Waals surface area contributed by atoms with Gasteiger partial charge >= 0.3 is 6.09 Å². The van der Waals surface area contributed by atoms with Gasteiger partial charge < -0.3 is 9.47 Å². The molecule has 10 heteroatoms. The zero-order valence-electron chi connectivity index (χ0n) is 17.4. The lowest BCUT2D eigenvalue weighted by molar-refractivity contribution is 0.0751. The first-order chi connectivity index (χ1) is 14.7. The molecular weight excluding hydrogens is 422 g/mol. The Bertz CT molecular complexity index is 1130. The molecule has 1 aliphatic rings. The lowest BCUT2D eigenvalue weighted by atomic mass is 10.0. The summed E-state index contributed by atoms with van der Waals surface area (Å²) in [5.74, 6) is -0.0404. The van der Waals surface area contributed by atoms with E-state index in [2.05, 4.69) is 15.2 Å². The minimum Gasteiger partial charge on any atom is -0.495 e. The quantitative estimate of drug-likeness (QED) is 0.757. The molecule has 0 saturated heterocycles. The predicted molar refractivity (Wildman–Crippen MR) is 115 cm³/mol. The van der Waals surface area contributed by atoms with E-state index in [1.807, 2.05) is 0 Å². The SMILES string of the molecule is COC(=O)Nc1ccc(C(=O)N2CCCC(c3ccc(S(C)(=O)=O)c(OC)c3)=N2)cc1. The molecule has 2 amide bonds. The summed E-state index contributed by atoms with van der Waals surface area (Å²) in [7, 11) is -0.755. The predicted octanol–water partition coefficient (Wildman–Crippen LogP) is 2.92. The van der Waals surface area contributed by atoms with Crippen molar-refractivity contribution in [2.75, 3.05) is 32.3 Å². The molecule has 1 aliphatic heterocycles. The van der Waals surface area contributed by atoms with E-state index in [4.69, 9.17) is 4.74 Å². The Morgan fingerprint density at radius 3 is 2.42 bits per heavy atom.